The first-order chi connectivity index (χ1) is 48.1. The maximum Gasteiger partial charge on any atom is 0.220 e. The summed E-state index contributed by atoms with van der Waals surface area (Å²) in [6.07, 6.45) is 72.4. The van der Waals surface area contributed by atoms with Crippen LogP contribution in [0.5, 0.6) is 0 Å². The van der Waals surface area contributed by atoms with Crippen LogP contribution in [0.25, 0.3) is 0 Å². The first-order valence-electron chi connectivity index (χ1n) is 42.6. The molecule has 0 aromatic carbocycles. The molecule has 580 valence electrons. The van der Waals surface area contributed by atoms with Gasteiger partial charge in [0.05, 0.1) is 32.0 Å². The van der Waals surface area contributed by atoms with E-state index in [0.29, 0.717) is 12.8 Å². The van der Waals surface area contributed by atoms with E-state index in [0.717, 1.165) is 57.8 Å². The van der Waals surface area contributed by atoms with Gasteiger partial charge in [-0.2, -0.15) is 0 Å². The van der Waals surface area contributed by atoms with Crippen molar-refractivity contribution in [1.82, 2.24) is 5.32 Å². The predicted molar refractivity (Wildman–Crippen MR) is 406 cm³/mol. The molecule has 2 aliphatic heterocycles. The summed E-state index contributed by atoms with van der Waals surface area (Å²) in [5, 5.41) is 87.9. The summed E-state index contributed by atoms with van der Waals surface area (Å²) < 4.78 is 23.0. The van der Waals surface area contributed by atoms with Crippen molar-refractivity contribution in [1.29, 1.82) is 0 Å². The van der Waals surface area contributed by atoms with Crippen molar-refractivity contribution in [3.63, 3.8) is 0 Å². The fourth-order valence-corrected chi connectivity index (χ4v) is 14.5. The molecule has 1 amide bonds. The van der Waals surface area contributed by atoms with Gasteiger partial charge in [-0.3, -0.25) is 4.79 Å². The molecule has 12 unspecified atom stereocenters. The van der Waals surface area contributed by atoms with Crippen molar-refractivity contribution in [2.75, 3.05) is 19.8 Å². The zero-order valence-electron chi connectivity index (χ0n) is 63.8. The monoisotopic (exact) mass is 1390 g/mol. The smallest absolute Gasteiger partial charge is 0.220 e. The molecule has 0 aromatic heterocycles. The van der Waals surface area contributed by atoms with Crippen molar-refractivity contribution in [3.05, 3.63) is 24.3 Å². The number of hydrogen-bond acceptors (Lipinski definition) is 13. The second-order valence-electron chi connectivity index (χ2n) is 30.3. The van der Waals surface area contributed by atoms with Gasteiger partial charge in [0.25, 0.3) is 0 Å². The van der Waals surface area contributed by atoms with E-state index in [9.17, 15) is 45.6 Å². The minimum atomic E-state index is -1.78. The van der Waals surface area contributed by atoms with Crippen LogP contribution in [0.4, 0.5) is 0 Å². The topological polar surface area (TPSA) is 228 Å². The molecule has 2 aliphatic rings. The average molecular weight is 1390 g/mol. The summed E-state index contributed by atoms with van der Waals surface area (Å²) in [6, 6.07) is -0.827. The number of aliphatic hydroxyl groups is 8. The number of nitrogens with one attached hydrogen (secondary N) is 1. The Kier molecular flexibility index (Phi) is 64.8. The number of rotatable bonds is 73. The van der Waals surface area contributed by atoms with Crippen LogP contribution >= 0.6 is 0 Å². The van der Waals surface area contributed by atoms with E-state index in [1.807, 2.05) is 0 Å². The van der Waals surface area contributed by atoms with E-state index < -0.39 is 86.8 Å². The van der Waals surface area contributed by atoms with Crippen molar-refractivity contribution >= 4 is 5.91 Å². The summed E-state index contributed by atoms with van der Waals surface area (Å²) in [7, 11) is 0. The van der Waals surface area contributed by atoms with Gasteiger partial charge in [0.1, 0.15) is 48.8 Å². The fraction of sp³-hybridized carbons (Fsp3) is 0.940. The summed E-state index contributed by atoms with van der Waals surface area (Å²) >= 11 is 0. The largest absolute Gasteiger partial charge is 0.394 e. The molecular weight excluding hydrogens is 1230 g/mol. The van der Waals surface area contributed by atoms with E-state index in [1.165, 1.54) is 327 Å². The van der Waals surface area contributed by atoms with E-state index >= 15 is 0 Å². The van der Waals surface area contributed by atoms with Gasteiger partial charge in [-0.25, -0.2) is 0 Å². The lowest BCUT2D eigenvalue weighted by atomic mass is 9.97. The Balaban J connectivity index is 1.55. The molecule has 2 heterocycles. The molecule has 2 rings (SSSR count). The summed E-state index contributed by atoms with van der Waals surface area (Å²) in [5.41, 5.74) is 0. The lowest BCUT2D eigenvalue weighted by Crippen LogP contribution is -2.65. The predicted octanol–water partition coefficient (Wildman–Crippen LogP) is 19.8. The van der Waals surface area contributed by atoms with Crippen LogP contribution in [0.1, 0.15) is 412 Å². The Morgan fingerprint density at radius 3 is 1.02 bits per heavy atom. The first kappa shape index (κ1) is 92.6. The van der Waals surface area contributed by atoms with Gasteiger partial charge < -0.3 is 65.1 Å². The highest BCUT2D eigenvalue weighted by Gasteiger charge is 2.51. The third-order valence-corrected chi connectivity index (χ3v) is 21.2. The van der Waals surface area contributed by atoms with Gasteiger partial charge in [-0.05, 0) is 44.9 Å². The number of carbonyl (C=O) groups is 1. The van der Waals surface area contributed by atoms with Crippen LogP contribution in [0, 0.1) is 0 Å². The Hall–Kier alpha value is -1.53. The van der Waals surface area contributed by atoms with Crippen LogP contribution in [-0.4, -0.2) is 140 Å². The third kappa shape index (κ3) is 50.8. The SMILES string of the molecule is CCCCCCC/C=C\C/C=C\CCCCCCCCCCCCCCCCCCCCCCCCCCCCCC(=O)NC(COC1OC(CO)C(OC2OC(CO)C(O)C(O)C2O)C(O)C1O)C(O)CCCCCCCCCCCCCCCCCCCCCCCCCCC. The Bertz CT molecular complexity index is 1740. The van der Waals surface area contributed by atoms with E-state index in [-0.39, 0.29) is 12.5 Å². The van der Waals surface area contributed by atoms with Crippen LogP contribution in [0.15, 0.2) is 24.3 Å². The Morgan fingerprint density at radius 1 is 0.367 bits per heavy atom. The zero-order chi connectivity index (χ0) is 70.8. The normalized spacial score (nSPS) is 22.1. The van der Waals surface area contributed by atoms with Gasteiger partial charge in [-0.15, -0.1) is 0 Å². The number of amides is 1. The summed E-state index contributed by atoms with van der Waals surface area (Å²) in [5.74, 6) is -0.196. The highest BCUT2D eigenvalue weighted by atomic mass is 16.7. The van der Waals surface area contributed by atoms with Crippen molar-refractivity contribution < 1.29 is 64.6 Å². The van der Waals surface area contributed by atoms with E-state index in [2.05, 4.69) is 43.5 Å². The van der Waals surface area contributed by atoms with Gasteiger partial charge in [0.2, 0.25) is 5.91 Å². The van der Waals surface area contributed by atoms with Gasteiger partial charge in [0.15, 0.2) is 12.6 Å². The van der Waals surface area contributed by atoms with Gasteiger partial charge >= 0.3 is 0 Å². The minimum Gasteiger partial charge on any atom is -0.394 e. The van der Waals surface area contributed by atoms with Crippen LogP contribution in [-0.2, 0) is 23.7 Å². The first-order valence-corrected chi connectivity index (χ1v) is 42.6. The highest BCUT2D eigenvalue weighted by Crippen LogP contribution is 2.31. The number of carbonyl (C=O) groups excluding carboxylic acids is 1. The van der Waals surface area contributed by atoms with Crippen molar-refractivity contribution in [2.45, 2.75) is 485 Å². The number of ether oxygens (including phenoxy) is 4. The van der Waals surface area contributed by atoms with Crippen LogP contribution in [0.3, 0.4) is 0 Å². The molecule has 14 nitrogen and oxygen atoms in total. The quantitative estimate of drug-likeness (QED) is 0.0204. The summed E-state index contributed by atoms with van der Waals surface area (Å²) in [6.45, 7) is 2.93. The molecule has 0 aliphatic carbocycles. The van der Waals surface area contributed by atoms with Gasteiger partial charge in [0, 0.05) is 6.42 Å². The average Bonchev–Trinajstić information content (AvgIpc) is 0.793. The molecule has 2 fully saturated rings. The van der Waals surface area contributed by atoms with E-state index in [1.54, 1.807) is 0 Å². The number of unbranched alkanes of at least 4 members (excludes halogenated alkanes) is 56. The Morgan fingerprint density at radius 2 is 0.673 bits per heavy atom. The number of hydrogen-bond donors (Lipinski definition) is 9. The molecule has 2 saturated heterocycles. The molecule has 14 heteroatoms. The Labute approximate surface area is 602 Å². The molecule has 0 saturated carbocycles. The molecule has 9 N–H and O–H groups in total. The van der Waals surface area contributed by atoms with Crippen molar-refractivity contribution in [3.8, 4) is 0 Å². The molecule has 98 heavy (non-hydrogen) atoms. The third-order valence-electron chi connectivity index (χ3n) is 21.2. The molecule has 12 atom stereocenters. The lowest BCUT2D eigenvalue weighted by molar-refractivity contribution is -0.359. The zero-order valence-corrected chi connectivity index (χ0v) is 63.8. The standard InChI is InChI=1S/C84H161NO13/c1-3-5-7-9-11-13-15-17-19-21-23-25-27-29-30-31-32-33-34-35-36-37-38-39-40-41-42-44-46-48-50-52-54-56-58-60-62-64-66-68-76(89)85-72(71-95-83-81(94)79(92)82(75(70-87)97-83)98-84-80(93)78(91)77(90)74(69-86)96-84)73(88)67-65-63-61-59-57-55-53-51-49-47-45-43-28-26-24-22-20-18-16-14-12-10-8-6-4-2/h15,17,21,23,72-75,77-84,86-88,90-94H,3-14,16,18-20,22,24-71H2,1-2H3,(H,85,89)/b17-15-,23-21-. The maximum atomic E-state index is 13.4. The maximum absolute atomic E-state index is 13.4. The highest BCUT2D eigenvalue weighted by molar-refractivity contribution is 5.76. The second kappa shape index (κ2) is 68.6. The second-order valence-corrected chi connectivity index (χ2v) is 30.3. The van der Waals surface area contributed by atoms with Crippen LogP contribution in [0.2, 0.25) is 0 Å². The molecule has 0 aromatic rings. The minimum absolute atomic E-state index is 0.196. The molecule has 0 radical (unpaired) electrons. The van der Waals surface area contributed by atoms with E-state index in [4.69, 9.17) is 18.9 Å². The molecule has 0 spiro atoms. The lowest BCUT2D eigenvalue weighted by Gasteiger charge is -2.46. The number of aliphatic hydroxyl groups excluding tert-OH is 8. The van der Waals surface area contributed by atoms with Crippen LogP contribution < -0.4 is 5.32 Å². The number of allylic oxidation sites excluding steroid dienone is 4. The molecule has 0 bridgehead atoms. The van der Waals surface area contributed by atoms with Crippen molar-refractivity contribution in [2.24, 2.45) is 0 Å². The fourth-order valence-electron chi connectivity index (χ4n) is 14.5. The molecular formula is C84H161NO13. The van der Waals surface area contributed by atoms with Gasteiger partial charge in [-0.1, -0.05) is 385 Å². The summed E-state index contributed by atoms with van der Waals surface area (Å²) in [4.78, 5) is 13.4.